The lowest BCUT2D eigenvalue weighted by Gasteiger charge is -2.16. The summed E-state index contributed by atoms with van der Waals surface area (Å²) in [5.74, 6) is -0.0759. The minimum Gasteiger partial charge on any atom is -0.390 e. The third-order valence-electron chi connectivity index (χ3n) is 3.38. The average Bonchev–Trinajstić information content (AvgIpc) is 2.99. The van der Waals surface area contributed by atoms with Crippen molar-refractivity contribution in [3.63, 3.8) is 0 Å². The highest BCUT2D eigenvalue weighted by atomic mass is 31.2. The fraction of sp³-hybridized carbons (Fsp3) is 0.500. The Labute approximate surface area is 128 Å². The molecule has 13 heteroatoms. The van der Waals surface area contributed by atoms with Gasteiger partial charge in [0, 0.05) is 6.42 Å². The molecule has 6 N–H and O–H groups in total. The number of nitrogens with one attached hydrogen (secondary N) is 1. The Balaban J connectivity index is 1.84. The third-order valence-corrected chi connectivity index (χ3v) is 3.86. The smallest absolute Gasteiger partial charge is 0.390 e. The second-order valence-electron chi connectivity index (χ2n) is 4.99. The molecule has 1 saturated heterocycles. The molecule has 2 aromatic rings. The summed E-state index contributed by atoms with van der Waals surface area (Å²) in [7, 11) is -4.67. The van der Waals surface area contributed by atoms with E-state index >= 15 is 0 Å². The van der Waals surface area contributed by atoms with E-state index in [0.717, 1.165) is 0 Å². The first kappa shape index (κ1) is 16.1. The summed E-state index contributed by atoms with van der Waals surface area (Å²) in [6.07, 6.45) is -1.33. The van der Waals surface area contributed by atoms with Crippen molar-refractivity contribution in [3.05, 3.63) is 16.7 Å². The molecular formula is C10H14N5O7P. The highest BCUT2D eigenvalue weighted by molar-refractivity contribution is 7.46. The number of nitrogens with two attached hydrogens (primary N) is 1. The number of fused-ring (bicyclic) bond motifs is 1. The van der Waals surface area contributed by atoms with Crippen LogP contribution >= 0.6 is 7.82 Å². The van der Waals surface area contributed by atoms with Crippen molar-refractivity contribution in [2.75, 3.05) is 12.3 Å². The Morgan fingerprint density at radius 1 is 1.57 bits per heavy atom. The monoisotopic (exact) mass is 347 g/mol. The van der Waals surface area contributed by atoms with Crippen LogP contribution in [0.25, 0.3) is 11.2 Å². The molecule has 0 aromatic carbocycles. The summed E-state index contributed by atoms with van der Waals surface area (Å²) in [6, 6.07) is 0. The van der Waals surface area contributed by atoms with E-state index in [-0.39, 0.29) is 23.5 Å². The maximum absolute atomic E-state index is 12.0. The third kappa shape index (κ3) is 3.27. The summed E-state index contributed by atoms with van der Waals surface area (Å²) >= 11 is 0. The van der Waals surface area contributed by atoms with Crippen LogP contribution in [-0.2, 0) is 13.8 Å². The number of H-pyrrole nitrogens is 1. The maximum Gasteiger partial charge on any atom is 0.469 e. The molecule has 0 saturated carbocycles. The fourth-order valence-corrected chi connectivity index (χ4v) is 2.74. The van der Waals surface area contributed by atoms with E-state index in [1.165, 1.54) is 10.9 Å². The van der Waals surface area contributed by atoms with Gasteiger partial charge < -0.3 is 25.4 Å². The number of nitrogen functional groups attached to an aromatic ring is 1. The van der Waals surface area contributed by atoms with E-state index in [9.17, 15) is 14.5 Å². The Hall–Kier alpha value is -1.82. The molecule has 12 nitrogen and oxygen atoms in total. The van der Waals surface area contributed by atoms with Crippen molar-refractivity contribution < 1.29 is 28.7 Å². The molecule has 0 aliphatic carbocycles. The summed E-state index contributed by atoms with van der Waals surface area (Å²) in [4.78, 5) is 39.5. The lowest BCUT2D eigenvalue weighted by atomic mass is 10.2. The van der Waals surface area contributed by atoms with E-state index in [1.807, 2.05) is 0 Å². The number of phosphoric ester groups is 1. The van der Waals surface area contributed by atoms with Crippen molar-refractivity contribution in [2.45, 2.75) is 24.9 Å². The Bertz CT molecular complexity index is 829. The average molecular weight is 347 g/mol. The van der Waals surface area contributed by atoms with Gasteiger partial charge in [-0.3, -0.25) is 18.9 Å². The van der Waals surface area contributed by atoms with Gasteiger partial charge in [0.15, 0.2) is 11.2 Å². The molecule has 0 spiro atoms. The predicted octanol–water partition coefficient (Wildman–Crippen LogP) is -1.54. The van der Waals surface area contributed by atoms with Crippen LogP contribution in [0.4, 0.5) is 5.95 Å². The first-order chi connectivity index (χ1) is 10.7. The molecule has 0 bridgehead atoms. The largest absolute Gasteiger partial charge is 0.469 e. The molecule has 23 heavy (non-hydrogen) atoms. The molecule has 0 radical (unpaired) electrons. The number of aromatic amines is 1. The number of hydrogen-bond acceptors (Lipinski definition) is 8. The number of anilines is 1. The van der Waals surface area contributed by atoms with Crippen LogP contribution in [0.2, 0.25) is 0 Å². The minimum absolute atomic E-state index is 0.0759. The molecule has 3 atom stereocenters. The Kier molecular flexibility index (Phi) is 3.96. The van der Waals surface area contributed by atoms with Gasteiger partial charge in [0.25, 0.3) is 5.56 Å². The maximum atomic E-state index is 12.0. The summed E-state index contributed by atoms with van der Waals surface area (Å²) in [6.45, 7) is -0.490. The fourth-order valence-electron chi connectivity index (χ4n) is 2.39. The number of aliphatic hydroxyl groups is 1. The van der Waals surface area contributed by atoms with Crippen molar-refractivity contribution in [1.82, 2.24) is 19.5 Å². The number of rotatable bonds is 4. The second-order valence-corrected chi connectivity index (χ2v) is 6.23. The number of aliphatic hydroxyl groups excluding tert-OH is 1. The first-order valence-electron chi connectivity index (χ1n) is 6.50. The predicted molar refractivity (Wildman–Crippen MR) is 75.1 cm³/mol. The summed E-state index contributed by atoms with van der Waals surface area (Å²) in [5.41, 5.74) is 5.16. The topological polar surface area (TPSA) is 186 Å². The molecule has 126 valence electrons. The second kappa shape index (κ2) is 5.67. The molecule has 1 fully saturated rings. The highest BCUT2D eigenvalue weighted by Gasteiger charge is 2.37. The quantitative estimate of drug-likeness (QED) is 0.406. The highest BCUT2D eigenvalue weighted by Crippen LogP contribution is 2.38. The van der Waals surface area contributed by atoms with Gasteiger partial charge in [-0.1, -0.05) is 0 Å². The molecular weight excluding hydrogens is 333 g/mol. The van der Waals surface area contributed by atoms with Gasteiger partial charge >= 0.3 is 7.82 Å². The van der Waals surface area contributed by atoms with E-state index in [4.69, 9.17) is 20.3 Å². The SMILES string of the molecule is Nc1nc2ncn([C@H]3C[C@H](O)[C@@H](COP(=O)(O)O)O3)c2c(=O)[nH]1. The molecule has 0 amide bonds. The number of imidazole rings is 1. The zero-order chi connectivity index (χ0) is 16.8. The zero-order valence-electron chi connectivity index (χ0n) is 11.6. The standard InChI is InChI=1S/C10H14N5O7P/c11-10-13-8-7(9(17)14-10)15(3-12-8)6-1-4(16)5(22-6)2-21-23(18,19)20/h3-6,16H,1-2H2,(H2,18,19,20)(H3,11,13,14,17)/t4-,5+,6+/m0/s1. The number of ether oxygens (including phenoxy) is 1. The van der Waals surface area contributed by atoms with Crippen LogP contribution in [0.5, 0.6) is 0 Å². The minimum atomic E-state index is -4.67. The number of phosphoric acid groups is 1. The van der Waals surface area contributed by atoms with Crippen molar-refractivity contribution >= 4 is 24.9 Å². The van der Waals surface area contributed by atoms with Gasteiger partial charge in [-0.25, -0.2) is 9.55 Å². The van der Waals surface area contributed by atoms with Crippen LogP contribution in [-0.4, -0.2) is 53.2 Å². The van der Waals surface area contributed by atoms with Gasteiger partial charge in [0.1, 0.15) is 12.3 Å². The van der Waals surface area contributed by atoms with Crippen LogP contribution in [0.15, 0.2) is 11.1 Å². The molecule has 0 unspecified atom stereocenters. The lowest BCUT2D eigenvalue weighted by Crippen LogP contribution is -2.26. The van der Waals surface area contributed by atoms with Gasteiger partial charge in [0.2, 0.25) is 5.95 Å². The van der Waals surface area contributed by atoms with E-state index in [0.29, 0.717) is 0 Å². The van der Waals surface area contributed by atoms with Crippen LogP contribution < -0.4 is 11.3 Å². The summed E-state index contributed by atoms with van der Waals surface area (Å²) in [5, 5.41) is 9.93. The van der Waals surface area contributed by atoms with Crippen molar-refractivity contribution in [2.24, 2.45) is 0 Å². The van der Waals surface area contributed by atoms with Gasteiger partial charge in [0.05, 0.1) is 19.0 Å². The molecule has 1 aliphatic heterocycles. The molecule has 3 heterocycles. The molecule has 1 aliphatic rings. The number of hydrogen-bond donors (Lipinski definition) is 5. The molecule has 2 aromatic heterocycles. The van der Waals surface area contributed by atoms with E-state index in [2.05, 4.69) is 19.5 Å². The van der Waals surface area contributed by atoms with Gasteiger partial charge in [-0.15, -0.1) is 0 Å². The van der Waals surface area contributed by atoms with Crippen LogP contribution in [0, 0.1) is 0 Å². The van der Waals surface area contributed by atoms with E-state index in [1.54, 1.807) is 0 Å². The Morgan fingerprint density at radius 2 is 2.30 bits per heavy atom. The van der Waals surface area contributed by atoms with Crippen molar-refractivity contribution in [1.29, 1.82) is 0 Å². The number of aromatic nitrogens is 4. The summed E-state index contributed by atoms with van der Waals surface area (Å²) < 4.78 is 21.9. The van der Waals surface area contributed by atoms with Gasteiger partial charge in [-0.05, 0) is 0 Å². The van der Waals surface area contributed by atoms with Gasteiger partial charge in [-0.2, -0.15) is 4.98 Å². The normalized spacial score (nSPS) is 25.3. The lowest BCUT2D eigenvalue weighted by molar-refractivity contribution is -0.0423. The number of nitrogens with zero attached hydrogens (tertiary/aromatic N) is 3. The van der Waals surface area contributed by atoms with E-state index < -0.39 is 38.4 Å². The first-order valence-corrected chi connectivity index (χ1v) is 8.03. The van der Waals surface area contributed by atoms with Crippen molar-refractivity contribution in [3.8, 4) is 0 Å². The Morgan fingerprint density at radius 3 is 3.00 bits per heavy atom. The zero-order valence-corrected chi connectivity index (χ0v) is 12.5. The molecule has 3 rings (SSSR count). The van der Waals surface area contributed by atoms with Crippen LogP contribution in [0.3, 0.4) is 0 Å². The van der Waals surface area contributed by atoms with Crippen LogP contribution in [0.1, 0.15) is 12.6 Å².